The summed E-state index contributed by atoms with van der Waals surface area (Å²) >= 11 is 0. The zero-order valence-electron chi connectivity index (χ0n) is 11.4. The zero-order valence-corrected chi connectivity index (χ0v) is 12.3. The molecule has 1 saturated heterocycles. The number of hydrogen-bond donors (Lipinski definition) is 2. The summed E-state index contributed by atoms with van der Waals surface area (Å²) in [5.41, 5.74) is -1.14. The second kappa shape index (κ2) is 5.94. The van der Waals surface area contributed by atoms with Crippen LogP contribution in [0, 0.1) is 5.92 Å². The molecule has 0 aromatic heterocycles. The number of rotatable bonds is 3. The number of halogens is 3. The maximum atomic E-state index is 12.9. The summed E-state index contributed by atoms with van der Waals surface area (Å²) in [5.74, 6) is 0.0200. The van der Waals surface area contributed by atoms with E-state index in [0.29, 0.717) is 19.5 Å². The van der Waals surface area contributed by atoms with Crippen LogP contribution in [-0.2, 0) is 16.2 Å². The Morgan fingerprint density at radius 1 is 1.29 bits per heavy atom. The molecule has 1 aromatic carbocycles. The van der Waals surface area contributed by atoms with Crippen molar-refractivity contribution in [1.82, 2.24) is 10.0 Å². The molecule has 21 heavy (non-hydrogen) atoms. The van der Waals surface area contributed by atoms with E-state index in [1.54, 1.807) is 0 Å². The van der Waals surface area contributed by atoms with E-state index in [0.717, 1.165) is 12.1 Å². The van der Waals surface area contributed by atoms with Gasteiger partial charge < -0.3 is 5.32 Å². The summed E-state index contributed by atoms with van der Waals surface area (Å²) in [6, 6.07) is 3.86. The number of benzene rings is 1. The van der Waals surface area contributed by atoms with Crippen LogP contribution in [0.5, 0.6) is 0 Å². The summed E-state index contributed by atoms with van der Waals surface area (Å²) in [6.07, 6.45) is -4.15. The molecule has 1 heterocycles. The van der Waals surface area contributed by atoms with Crippen molar-refractivity contribution in [2.45, 2.75) is 30.5 Å². The number of alkyl halides is 3. The molecule has 1 aliphatic heterocycles. The van der Waals surface area contributed by atoms with Gasteiger partial charge in [0.2, 0.25) is 10.0 Å². The highest BCUT2D eigenvalue weighted by Crippen LogP contribution is 2.34. The van der Waals surface area contributed by atoms with Crippen molar-refractivity contribution < 1.29 is 21.6 Å². The lowest BCUT2D eigenvalue weighted by Gasteiger charge is -2.30. The Labute approximate surface area is 121 Å². The van der Waals surface area contributed by atoms with E-state index in [4.69, 9.17) is 0 Å². The van der Waals surface area contributed by atoms with Crippen LogP contribution in [-0.4, -0.2) is 27.5 Å². The van der Waals surface area contributed by atoms with E-state index in [2.05, 4.69) is 10.0 Å². The van der Waals surface area contributed by atoms with Gasteiger partial charge in [-0.05, 0) is 37.6 Å². The third-order valence-electron chi connectivity index (χ3n) is 3.57. The van der Waals surface area contributed by atoms with Gasteiger partial charge in [0.25, 0.3) is 0 Å². The van der Waals surface area contributed by atoms with Crippen molar-refractivity contribution in [3.63, 3.8) is 0 Å². The normalized spacial score (nSPS) is 24.0. The van der Waals surface area contributed by atoms with E-state index in [1.165, 1.54) is 12.1 Å². The van der Waals surface area contributed by atoms with Crippen molar-refractivity contribution in [1.29, 1.82) is 0 Å². The third kappa shape index (κ3) is 3.75. The van der Waals surface area contributed by atoms with Gasteiger partial charge >= 0.3 is 6.18 Å². The van der Waals surface area contributed by atoms with Crippen molar-refractivity contribution in [3.8, 4) is 0 Å². The summed E-state index contributed by atoms with van der Waals surface area (Å²) in [6.45, 7) is 3.13. The van der Waals surface area contributed by atoms with Crippen LogP contribution >= 0.6 is 0 Å². The van der Waals surface area contributed by atoms with Crippen molar-refractivity contribution in [3.05, 3.63) is 29.8 Å². The van der Waals surface area contributed by atoms with Crippen LogP contribution in [0.2, 0.25) is 0 Å². The fraction of sp³-hybridized carbons (Fsp3) is 0.538. The SMILES string of the molecule is C[C@@H]1CNCC[C@H]1NS(=O)(=O)c1ccccc1C(F)(F)F. The predicted molar refractivity (Wildman–Crippen MR) is 72.2 cm³/mol. The lowest BCUT2D eigenvalue weighted by Crippen LogP contribution is -2.48. The monoisotopic (exact) mass is 322 g/mol. The highest BCUT2D eigenvalue weighted by Gasteiger charge is 2.38. The zero-order chi connectivity index (χ0) is 15.7. The number of nitrogens with one attached hydrogen (secondary N) is 2. The standard InChI is InChI=1S/C13H17F3N2O2S/c1-9-8-17-7-6-11(9)18-21(19,20)12-5-3-2-4-10(12)13(14,15)16/h2-5,9,11,17-18H,6-8H2,1H3/t9-,11-/m1/s1. The first-order valence-electron chi connectivity index (χ1n) is 6.61. The Morgan fingerprint density at radius 3 is 2.57 bits per heavy atom. The number of sulfonamides is 1. The molecule has 0 radical (unpaired) electrons. The van der Waals surface area contributed by atoms with E-state index in [9.17, 15) is 21.6 Å². The first kappa shape index (κ1) is 16.3. The predicted octanol–water partition coefficient (Wildman–Crippen LogP) is 1.98. The molecule has 0 unspecified atom stereocenters. The first-order valence-corrected chi connectivity index (χ1v) is 8.09. The molecule has 1 aromatic rings. The molecule has 118 valence electrons. The smallest absolute Gasteiger partial charge is 0.316 e. The van der Waals surface area contributed by atoms with Crippen molar-refractivity contribution >= 4 is 10.0 Å². The van der Waals surface area contributed by atoms with Crippen LogP contribution in [0.1, 0.15) is 18.9 Å². The quantitative estimate of drug-likeness (QED) is 0.895. The van der Waals surface area contributed by atoms with Gasteiger partial charge in [0, 0.05) is 6.04 Å². The largest absolute Gasteiger partial charge is 0.417 e. The van der Waals surface area contributed by atoms with E-state index >= 15 is 0 Å². The Hall–Kier alpha value is -1.12. The molecule has 0 aliphatic carbocycles. The highest BCUT2D eigenvalue weighted by atomic mass is 32.2. The van der Waals surface area contributed by atoms with Crippen LogP contribution in [0.4, 0.5) is 13.2 Å². The van der Waals surface area contributed by atoms with Gasteiger partial charge in [0.15, 0.2) is 0 Å². The average Bonchev–Trinajstić information content (AvgIpc) is 2.40. The average molecular weight is 322 g/mol. The molecule has 8 heteroatoms. The van der Waals surface area contributed by atoms with Gasteiger partial charge in [-0.3, -0.25) is 0 Å². The summed E-state index contributed by atoms with van der Waals surface area (Å²) in [5, 5.41) is 3.11. The fourth-order valence-electron chi connectivity index (χ4n) is 2.39. The third-order valence-corrected chi connectivity index (χ3v) is 5.12. The number of hydrogen-bond acceptors (Lipinski definition) is 3. The highest BCUT2D eigenvalue weighted by molar-refractivity contribution is 7.89. The second-order valence-corrected chi connectivity index (χ2v) is 6.87. The molecule has 1 fully saturated rings. The van der Waals surface area contributed by atoms with Crippen LogP contribution in [0.25, 0.3) is 0 Å². The minimum atomic E-state index is -4.70. The Bertz CT molecular complexity index is 602. The molecule has 0 bridgehead atoms. The molecule has 0 saturated carbocycles. The van der Waals surface area contributed by atoms with Crippen molar-refractivity contribution in [2.24, 2.45) is 5.92 Å². The summed E-state index contributed by atoms with van der Waals surface area (Å²) in [4.78, 5) is -0.719. The van der Waals surface area contributed by atoms with Crippen LogP contribution in [0.3, 0.4) is 0 Å². The van der Waals surface area contributed by atoms with Gasteiger partial charge in [-0.2, -0.15) is 13.2 Å². The van der Waals surface area contributed by atoms with E-state index < -0.39 is 26.7 Å². The Balaban J connectivity index is 2.32. The summed E-state index contributed by atoms with van der Waals surface area (Å²) < 4.78 is 65.8. The topological polar surface area (TPSA) is 58.2 Å². The van der Waals surface area contributed by atoms with Gasteiger partial charge in [-0.1, -0.05) is 19.1 Å². The number of piperidine rings is 1. The van der Waals surface area contributed by atoms with Crippen LogP contribution in [0.15, 0.2) is 29.2 Å². The lowest BCUT2D eigenvalue weighted by molar-refractivity contribution is -0.139. The first-order chi connectivity index (χ1) is 9.72. The van der Waals surface area contributed by atoms with Gasteiger partial charge in [0.05, 0.1) is 10.5 Å². The van der Waals surface area contributed by atoms with Crippen molar-refractivity contribution in [2.75, 3.05) is 13.1 Å². The molecule has 0 amide bonds. The molecule has 4 nitrogen and oxygen atoms in total. The van der Waals surface area contributed by atoms with E-state index in [1.807, 2.05) is 6.92 Å². The van der Waals surface area contributed by atoms with Crippen LogP contribution < -0.4 is 10.0 Å². The molecule has 2 rings (SSSR count). The van der Waals surface area contributed by atoms with Gasteiger partial charge in [0.1, 0.15) is 0 Å². The molecular formula is C13H17F3N2O2S. The Morgan fingerprint density at radius 2 is 1.95 bits per heavy atom. The minimum absolute atomic E-state index is 0.0200. The Kier molecular flexibility index (Phi) is 4.60. The maximum absolute atomic E-state index is 12.9. The molecule has 0 spiro atoms. The molecular weight excluding hydrogens is 305 g/mol. The van der Waals surface area contributed by atoms with Gasteiger partial charge in [-0.25, -0.2) is 13.1 Å². The van der Waals surface area contributed by atoms with Gasteiger partial charge in [-0.15, -0.1) is 0 Å². The minimum Gasteiger partial charge on any atom is -0.316 e. The fourth-order valence-corrected chi connectivity index (χ4v) is 3.99. The lowest BCUT2D eigenvalue weighted by atomic mass is 9.97. The molecule has 2 N–H and O–H groups in total. The summed E-state index contributed by atoms with van der Waals surface area (Å²) in [7, 11) is -4.20. The maximum Gasteiger partial charge on any atom is 0.417 e. The van der Waals surface area contributed by atoms with E-state index in [-0.39, 0.29) is 12.0 Å². The molecule has 2 atom stereocenters. The second-order valence-electron chi connectivity index (χ2n) is 5.19. The molecule has 1 aliphatic rings.